The Balaban J connectivity index is 1.89. The molecule has 2 aromatic heterocycles. The largest absolute Gasteiger partial charge is 0.338 e. The van der Waals surface area contributed by atoms with Gasteiger partial charge in [-0.25, -0.2) is 0 Å². The number of hydrogen-bond acceptors (Lipinski definition) is 5. The van der Waals surface area contributed by atoms with Crippen LogP contribution in [0.3, 0.4) is 0 Å². The van der Waals surface area contributed by atoms with E-state index in [4.69, 9.17) is 4.52 Å². The van der Waals surface area contributed by atoms with Crippen LogP contribution in [0.15, 0.2) is 20.4 Å². The van der Waals surface area contributed by atoms with Crippen molar-refractivity contribution in [1.29, 1.82) is 0 Å². The van der Waals surface area contributed by atoms with Gasteiger partial charge in [0, 0.05) is 6.54 Å². The van der Waals surface area contributed by atoms with Gasteiger partial charge in [-0.1, -0.05) is 5.16 Å². The van der Waals surface area contributed by atoms with Gasteiger partial charge in [0.25, 0.3) is 0 Å². The molecule has 3 rings (SSSR count). The molecule has 0 amide bonds. The molecule has 0 spiro atoms. The van der Waals surface area contributed by atoms with Crippen LogP contribution in [0.5, 0.6) is 0 Å². The maximum atomic E-state index is 5.46. The fourth-order valence-corrected chi connectivity index (χ4v) is 3.55. The van der Waals surface area contributed by atoms with E-state index in [-0.39, 0.29) is 5.41 Å². The minimum absolute atomic E-state index is 0.0298. The molecule has 2 aromatic rings. The van der Waals surface area contributed by atoms with Crippen molar-refractivity contribution in [2.24, 2.45) is 0 Å². The number of thiophene rings is 1. The quantitative estimate of drug-likeness (QED) is 0.920. The maximum Gasteiger partial charge on any atom is 0.234 e. The highest BCUT2D eigenvalue weighted by molar-refractivity contribution is 9.11. The Morgan fingerprint density at radius 1 is 1.50 bits per heavy atom. The van der Waals surface area contributed by atoms with Gasteiger partial charge in [-0.3, -0.25) is 0 Å². The van der Waals surface area contributed by atoms with Gasteiger partial charge in [0.15, 0.2) is 0 Å². The number of nitrogens with one attached hydrogen (secondary N) is 1. The van der Waals surface area contributed by atoms with E-state index in [2.05, 4.69) is 38.3 Å². The van der Waals surface area contributed by atoms with Crippen LogP contribution in [0.4, 0.5) is 0 Å². The van der Waals surface area contributed by atoms with Gasteiger partial charge >= 0.3 is 0 Å². The third-order valence-corrected chi connectivity index (χ3v) is 4.95. The van der Waals surface area contributed by atoms with E-state index < -0.39 is 0 Å². The van der Waals surface area contributed by atoms with Crippen molar-refractivity contribution >= 4 is 27.3 Å². The summed E-state index contributed by atoms with van der Waals surface area (Å²) in [5.41, 5.74) is -0.0298. The molecule has 0 aliphatic carbocycles. The molecular formula is C12H14BrN3OS. The second-order valence-corrected chi connectivity index (χ2v) is 7.33. The van der Waals surface area contributed by atoms with Gasteiger partial charge in [0.2, 0.25) is 11.7 Å². The number of aromatic nitrogens is 2. The second kappa shape index (κ2) is 4.75. The third kappa shape index (κ3) is 2.24. The predicted octanol–water partition coefficient (Wildman–Crippen LogP) is 3.20. The molecule has 1 aliphatic rings. The monoisotopic (exact) mass is 327 g/mol. The molecule has 96 valence electrons. The molecule has 1 aliphatic heterocycles. The van der Waals surface area contributed by atoms with Gasteiger partial charge in [-0.2, -0.15) is 4.98 Å². The highest BCUT2D eigenvalue weighted by Gasteiger charge is 2.34. The number of halogens is 1. The number of rotatable bonds is 2. The first-order valence-electron chi connectivity index (χ1n) is 5.98. The SMILES string of the molecule is CC1(c2nc(-c3ccc(Br)s3)no2)CCCNC1. The average Bonchev–Trinajstić information content (AvgIpc) is 2.98. The predicted molar refractivity (Wildman–Crippen MR) is 74.8 cm³/mol. The maximum absolute atomic E-state index is 5.46. The highest BCUT2D eigenvalue weighted by Crippen LogP contribution is 2.33. The molecule has 0 bridgehead atoms. The van der Waals surface area contributed by atoms with Crippen LogP contribution in [0, 0.1) is 0 Å². The molecule has 1 unspecified atom stereocenters. The van der Waals surface area contributed by atoms with Crippen LogP contribution in [0.25, 0.3) is 10.7 Å². The molecule has 1 fully saturated rings. The topological polar surface area (TPSA) is 51.0 Å². The molecule has 4 nitrogen and oxygen atoms in total. The van der Waals surface area contributed by atoms with E-state index in [9.17, 15) is 0 Å². The number of nitrogens with zero attached hydrogens (tertiary/aromatic N) is 2. The summed E-state index contributed by atoms with van der Waals surface area (Å²) in [6.45, 7) is 4.16. The smallest absolute Gasteiger partial charge is 0.234 e. The summed E-state index contributed by atoms with van der Waals surface area (Å²) in [7, 11) is 0. The zero-order valence-electron chi connectivity index (χ0n) is 10.1. The van der Waals surface area contributed by atoms with Crippen molar-refractivity contribution in [3.63, 3.8) is 0 Å². The molecule has 6 heteroatoms. The van der Waals surface area contributed by atoms with Crippen LogP contribution < -0.4 is 5.32 Å². The summed E-state index contributed by atoms with van der Waals surface area (Å²) < 4.78 is 6.54. The Kier molecular flexibility index (Phi) is 3.25. The average molecular weight is 328 g/mol. The molecule has 1 saturated heterocycles. The van der Waals surface area contributed by atoms with E-state index in [1.54, 1.807) is 11.3 Å². The van der Waals surface area contributed by atoms with E-state index in [1.165, 1.54) is 0 Å². The third-order valence-electron chi connectivity index (χ3n) is 3.33. The van der Waals surface area contributed by atoms with Gasteiger partial charge in [0.05, 0.1) is 14.1 Å². The van der Waals surface area contributed by atoms with Crippen molar-refractivity contribution in [1.82, 2.24) is 15.5 Å². The van der Waals surface area contributed by atoms with Crippen molar-refractivity contribution in [3.8, 4) is 10.7 Å². The molecule has 0 aromatic carbocycles. The van der Waals surface area contributed by atoms with Gasteiger partial charge in [-0.15, -0.1) is 11.3 Å². The highest BCUT2D eigenvalue weighted by atomic mass is 79.9. The normalized spacial score (nSPS) is 24.3. The Morgan fingerprint density at radius 3 is 3.06 bits per heavy atom. The molecular weight excluding hydrogens is 314 g/mol. The summed E-state index contributed by atoms with van der Waals surface area (Å²) in [4.78, 5) is 5.59. The van der Waals surface area contributed by atoms with Crippen LogP contribution in [-0.2, 0) is 5.41 Å². The van der Waals surface area contributed by atoms with E-state index in [0.717, 1.165) is 40.5 Å². The molecule has 3 heterocycles. The molecule has 1 N–H and O–H groups in total. The Hall–Kier alpha value is -0.720. The van der Waals surface area contributed by atoms with Crippen molar-refractivity contribution < 1.29 is 4.52 Å². The van der Waals surface area contributed by atoms with Crippen LogP contribution in [-0.4, -0.2) is 23.2 Å². The first-order valence-corrected chi connectivity index (χ1v) is 7.59. The molecule has 1 atom stereocenters. The van der Waals surface area contributed by atoms with E-state index in [0.29, 0.717) is 5.82 Å². The zero-order valence-corrected chi connectivity index (χ0v) is 12.5. The van der Waals surface area contributed by atoms with Crippen molar-refractivity contribution in [3.05, 3.63) is 21.8 Å². The number of hydrogen-bond donors (Lipinski definition) is 1. The fourth-order valence-electron chi connectivity index (χ4n) is 2.24. The summed E-state index contributed by atoms with van der Waals surface area (Å²) in [5.74, 6) is 1.43. The zero-order chi connectivity index (χ0) is 12.6. The van der Waals surface area contributed by atoms with Gasteiger partial charge in [0.1, 0.15) is 0 Å². The minimum Gasteiger partial charge on any atom is -0.338 e. The minimum atomic E-state index is -0.0298. The molecule has 0 saturated carbocycles. The first kappa shape index (κ1) is 12.3. The Morgan fingerprint density at radius 2 is 2.39 bits per heavy atom. The second-order valence-electron chi connectivity index (χ2n) is 4.87. The van der Waals surface area contributed by atoms with Crippen molar-refractivity contribution in [2.45, 2.75) is 25.2 Å². The van der Waals surface area contributed by atoms with Crippen LogP contribution in [0.2, 0.25) is 0 Å². The lowest BCUT2D eigenvalue weighted by atomic mass is 9.83. The molecule has 18 heavy (non-hydrogen) atoms. The standard InChI is InChI=1S/C12H14BrN3OS/c1-12(5-2-6-14-7-12)11-15-10(16-17-11)8-3-4-9(13)18-8/h3-4,14H,2,5-7H2,1H3. The summed E-state index contributed by atoms with van der Waals surface area (Å²) >= 11 is 5.06. The fraction of sp³-hybridized carbons (Fsp3) is 0.500. The van der Waals surface area contributed by atoms with Crippen LogP contribution >= 0.6 is 27.3 Å². The van der Waals surface area contributed by atoms with Gasteiger partial charge < -0.3 is 9.84 Å². The lowest BCUT2D eigenvalue weighted by Gasteiger charge is -2.30. The molecule has 0 radical (unpaired) electrons. The van der Waals surface area contributed by atoms with Crippen LogP contribution in [0.1, 0.15) is 25.7 Å². The summed E-state index contributed by atoms with van der Waals surface area (Å²) in [6, 6.07) is 4.00. The lowest BCUT2D eigenvalue weighted by molar-refractivity contribution is 0.245. The van der Waals surface area contributed by atoms with E-state index >= 15 is 0 Å². The number of piperidine rings is 1. The van der Waals surface area contributed by atoms with E-state index in [1.807, 2.05) is 12.1 Å². The Labute approximate surface area is 118 Å². The van der Waals surface area contributed by atoms with Crippen molar-refractivity contribution in [2.75, 3.05) is 13.1 Å². The van der Waals surface area contributed by atoms with Gasteiger partial charge in [-0.05, 0) is 54.4 Å². The summed E-state index contributed by atoms with van der Waals surface area (Å²) in [5, 5.41) is 7.49. The Bertz CT molecular complexity index is 545. The lowest BCUT2D eigenvalue weighted by Crippen LogP contribution is -2.41. The first-order chi connectivity index (χ1) is 8.67. The summed E-state index contributed by atoms with van der Waals surface area (Å²) in [6.07, 6.45) is 2.24.